The fourth-order valence-electron chi connectivity index (χ4n) is 2.70. The number of nitrogens with zero attached hydrogens (tertiary/aromatic N) is 2. The highest BCUT2D eigenvalue weighted by Crippen LogP contribution is 2.25. The van der Waals surface area contributed by atoms with E-state index in [0.29, 0.717) is 24.2 Å². The first kappa shape index (κ1) is 15.4. The van der Waals surface area contributed by atoms with Gasteiger partial charge < -0.3 is 4.90 Å². The number of hydrogen-bond donors (Lipinski definition) is 0. The molecule has 1 aliphatic rings. The van der Waals surface area contributed by atoms with E-state index in [4.69, 9.17) is 0 Å². The average molecular weight is 300 g/mol. The van der Waals surface area contributed by atoms with Gasteiger partial charge in [0.1, 0.15) is 5.82 Å². The summed E-state index contributed by atoms with van der Waals surface area (Å²) in [6, 6.07) is 2.56. The molecule has 2 rings (SSSR count). The molecule has 0 radical (unpaired) electrons. The second kappa shape index (κ2) is 5.79. The normalized spacial score (nSPS) is 19.0. The molecule has 112 valence electrons. The molecule has 0 aliphatic carbocycles. The Morgan fingerprint density at radius 1 is 1.05 bits per heavy atom. The van der Waals surface area contributed by atoms with Gasteiger partial charge in [-0.25, -0.2) is 12.8 Å². The van der Waals surface area contributed by atoms with Crippen LogP contribution in [0.5, 0.6) is 0 Å². The maximum atomic E-state index is 13.3. The summed E-state index contributed by atoms with van der Waals surface area (Å²) in [4.78, 5) is 2.38. The van der Waals surface area contributed by atoms with Crippen molar-refractivity contribution in [1.29, 1.82) is 0 Å². The minimum absolute atomic E-state index is 0.253. The topological polar surface area (TPSA) is 40.6 Å². The highest BCUT2D eigenvalue weighted by Gasteiger charge is 2.29. The average Bonchev–Trinajstić information content (AvgIpc) is 2.52. The lowest BCUT2D eigenvalue weighted by Crippen LogP contribution is -2.35. The van der Waals surface area contributed by atoms with Crippen LogP contribution in [0.4, 0.5) is 4.39 Å². The summed E-state index contributed by atoms with van der Waals surface area (Å²) >= 11 is 0. The van der Waals surface area contributed by atoms with E-state index >= 15 is 0 Å². The van der Waals surface area contributed by atoms with E-state index in [9.17, 15) is 12.8 Å². The third-order valence-electron chi connectivity index (χ3n) is 3.70. The van der Waals surface area contributed by atoms with Gasteiger partial charge in [-0.05, 0) is 57.1 Å². The first-order valence-electron chi connectivity index (χ1n) is 6.78. The lowest BCUT2D eigenvalue weighted by atomic mass is 10.1. The van der Waals surface area contributed by atoms with Crippen LogP contribution in [0, 0.1) is 19.7 Å². The molecule has 6 heteroatoms. The molecule has 0 saturated carbocycles. The summed E-state index contributed by atoms with van der Waals surface area (Å²) in [6.45, 7) is 5.91. The fourth-order valence-corrected chi connectivity index (χ4v) is 4.58. The van der Waals surface area contributed by atoms with Crippen molar-refractivity contribution >= 4 is 10.0 Å². The Morgan fingerprint density at radius 2 is 1.65 bits per heavy atom. The molecule has 0 aromatic heterocycles. The van der Waals surface area contributed by atoms with E-state index in [1.165, 1.54) is 16.4 Å². The molecule has 0 N–H and O–H groups in total. The number of sulfonamides is 1. The minimum Gasteiger partial charge on any atom is -0.305 e. The van der Waals surface area contributed by atoms with E-state index < -0.39 is 15.8 Å². The zero-order valence-electron chi connectivity index (χ0n) is 12.2. The van der Waals surface area contributed by atoms with Crippen LogP contribution in [0.2, 0.25) is 0 Å². The Kier molecular flexibility index (Phi) is 4.46. The van der Waals surface area contributed by atoms with Crippen LogP contribution in [-0.4, -0.2) is 50.8 Å². The van der Waals surface area contributed by atoms with E-state index in [1.54, 1.807) is 13.8 Å². The molecule has 0 atom stereocenters. The van der Waals surface area contributed by atoms with Gasteiger partial charge in [-0.15, -0.1) is 0 Å². The molecular formula is C14H21FN2O2S. The quantitative estimate of drug-likeness (QED) is 0.836. The maximum Gasteiger partial charge on any atom is 0.243 e. The summed E-state index contributed by atoms with van der Waals surface area (Å²) < 4.78 is 40.4. The Hall–Kier alpha value is -0.980. The zero-order chi connectivity index (χ0) is 14.9. The van der Waals surface area contributed by atoms with Gasteiger partial charge in [-0.2, -0.15) is 4.31 Å². The monoisotopic (exact) mass is 300 g/mol. The van der Waals surface area contributed by atoms with Gasteiger partial charge in [0.15, 0.2) is 0 Å². The maximum absolute atomic E-state index is 13.3. The molecular weight excluding hydrogens is 279 g/mol. The minimum atomic E-state index is -3.55. The van der Waals surface area contributed by atoms with Crippen LogP contribution < -0.4 is 0 Å². The van der Waals surface area contributed by atoms with Crippen molar-refractivity contribution in [2.24, 2.45) is 0 Å². The Morgan fingerprint density at radius 3 is 2.25 bits per heavy atom. The fraction of sp³-hybridized carbons (Fsp3) is 0.571. The van der Waals surface area contributed by atoms with E-state index in [-0.39, 0.29) is 4.90 Å². The van der Waals surface area contributed by atoms with E-state index in [1.807, 2.05) is 7.05 Å². The summed E-state index contributed by atoms with van der Waals surface area (Å²) in [5.74, 6) is -0.394. The first-order valence-corrected chi connectivity index (χ1v) is 8.22. The van der Waals surface area contributed by atoms with Crippen LogP contribution in [-0.2, 0) is 10.0 Å². The summed E-state index contributed by atoms with van der Waals surface area (Å²) in [6.07, 6.45) is 0.815. The van der Waals surface area contributed by atoms with Crippen LogP contribution in [0.25, 0.3) is 0 Å². The van der Waals surface area contributed by atoms with Crippen molar-refractivity contribution in [2.75, 3.05) is 33.2 Å². The summed E-state index contributed by atoms with van der Waals surface area (Å²) in [5.41, 5.74) is 0.945. The van der Waals surface area contributed by atoms with Gasteiger partial charge in [-0.1, -0.05) is 0 Å². The van der Waals surface area contributed by atoms with Gasteiger partial charge in [0.25, 0.3) is 0 Å². The molecule has 1 heterocycles. The molecule has 1 aromatic carbocycles. The third kappa shape index (κ3) is 3.02. The number of halogens is 1. The van der Waals surface area contributed by atoms with Gasteiger partial charge in [-0.3, -0.25) is 0 Å². The molecule has 1 aromatic rings. The first-order chi connectivity index (χ1) is 9.32. The Balaban J connectivity index is 2.40. The highest BCUT2D eigenvalue weighted by molar-refractivity contribution is 7.89. The predicted octanol–water partition coefficient (Wildman–Crippen LogP) is 1.77. The van der Waals surface area contributed by atoms with Gasteiger partial charge in [0.05, 0.1) is 4.90 Å². The molecule has 20 heavy (non-hydrogen) atoms. The standard InChI is InChI=1S/C14H21FN2O2S/c1-11-9-13(15)10-12(2)14(11)20(18,19)17-6-4-5-16(3)7-8-17/h9-10H,4-8H2,1-3H3. The third-order valence-corrected chi connectivity index (χ3v) is 5.91. The second-order valence-electron chi connectivity index (χ2n) is 5.43. The van der Waals surface area contributed by atoms with Crippen molar-refractivity contribution in [3.05, 3.63) is 29.1 Å². The van der Waals surface area contributed by atoms with Crippen LogP contribution >= 0.6 is 0 Å². The van der Waals surface area contributed by atoms with Crippen molar-refractivity contribution in [3.63, 3.8) is 0 Å². The lowest BCUT2D eigenvalue weighted by molar-refractivity contribution is 0.347. The lowest BCUT2D eigenvalue weighted by Gasteiger charge is -2.22. The molecule has 1 saturated heterocycles. The van der Waals surface area contributed by atoms with Crippen LogP contribution in [0.3, 0.4) is 0 Å². The molecule has 0 bridgehead atoms. The number of benzene rings is 1. The molecule has 0 amide bonds. The van der Waals surface area contributed by atoms with Crippen LogP contribution in [0.15, 0.2) is 17.0 Å². The molecule has 0 unspecified atom stereocenters. The molecule has 1 fully saturated rings. The van der Waals surface area contributed by atoms with Gasteiger partial charge in [0, 0.05) is 19.6 Å². The van der Waals surface area contributed by atoms with Crippen LogP contribution in [0.1, 0.15) is 17.5 Å². The largest absolute Gasteiger partial charge is 0.305 e. The Labute approximate surface area is 120 Å². The molecule has 4 nitrogen and oxygen atoms in total. The Bertz CT molecular complexity index is 578. The second-order valence-corrected chi connectivity index (χ2v) is 7.30. The number of rotatable bonds is 2. The smallest absolute Gasteiger partial charge is 0.243 e. The summed E-state index contributed by atoms with van der Waals surface area (Å²) in [7, 11) is -1.56. The van der Waals surface area contributed by atoms with E-state index in [0.717, 1.165) is 19.5 Å². The number of likely N-dealkylation sites (N-methyl/N-ethyl adjacent to an activating group) is 1. The predicted molar refractivity (Wildman–Crippen MR) is 76.7 cm³/mol. The van der Waals surface area contributed by atoms with Crippen molar-refractivity contribution < 1.29 is 12.8 Å². The summed E-state index contributed by atoms with van der Waals surface area (Å²) in [5, 5.41) is 0. The highest BCUT2D eigenvalue weighted by atomic mass is 32.2. The van der Waals surface area contributed by atoms with Gasteiger partial charge >= 0.3 is 0 Å². The van der Waals surface area contributed by atoms with Crippen molar-refractivity contribution in [1.82, 2.24) is 9.21 Å². The van der Waals surface area contributed by atoms with Gasteiger partial charge in [0.2, 0.25) is 10.0 Å². The van der Waals surface area contributed by atoms with Crippen molar-refractivity contribution in [3.8, 4) is 0 Å². The molecule has 1 aliphatic heterocycles. The van der Waals surface area contributed by atoms with Crippen molar-refractivity contribution in [2.45, 2.75) is 25.2 Å². The number of hydrogen-bond acceptors (Lipinski definition) is 3. The SMILES string of the molecule is Cc1cc(F)cc(C)c1S(=O)(=O)N1CCCN(C)CC1. The van der Waals surface area contributed by atoms with E-state index in [2.05, 4.69) is 4.90 Å². The zero-order valence-corrected chi connectivity index (χ0v) is 13.0. The molecule has 0 spiro atoms. The number of aryl methyl sites for hydroxylation is 2.